The van der Waals surface area contributed by atoms with Gasteiger partial charge in [-0.1, -0.05) is 11.6 Å². The minimum atomic E-state index is -0.0493. The average molecular weight is 421 g/mol. The molecule has 2 rings (SSSR count). The van der Waals surface area contributed by atoms with E-state index in [0.29, 0.717) is 10.6 Å². The molecular weight excluding hydrogens is 399 g/mol. The first-order valence-corrected chi connectivity index (χ1v) is 8.59. The minimum absolute atomic E-state index is 0.0173. The molecule has 2 N–H and O–H groups in total. The highest BCUT2D eigenvalue weighted by atomic mass is 127. The van der Waals surface area contributed by atoms with Crippen LogP contribution in [0, 0.1) is 3.57 Å². The van der Waals surface area contributed by atoms with Crippen molar-refractivity contribution < 1.29 is 4.79 Å². The van der Waals surface area contributed by atoms with Gasteiger partial charge in [0.2, 0.25) is 0 Å². The van der Waals surface area contributed by atoms with E-state index in [9.17, 15) is 4.79 Å². The first-order valence-electron chi connectivity index (χ1n) is 7.13. The van der Waals surface area contributed by atoms with Crippen LogP contribution < -0.4 is 10.6 Å². The molecule has 1 amide bonds. The van der Waals surface area contributed by atoms with E-state index in [-0.39, 0.29) is 23.0 Å². The van der Waals surface area contributed by atoms with E-state index >= 15 is 0 Å². The lowest BCUT2D eigenvalue weighted by atomic mass is 9.79. The van der Waals surface area contributed by atoms with Gasteiger partial charge >= 0.3 is 0 Å². The van der Waals surface area contributed by atoms with Crippen molar-refractivity contribution in [3.8, 4) is 0 Å². The molecule has 0 spiro atoms. The van der Waals surface area contributed by atoms with Crippen LogP contribution in [0.1, 0.15) is 50.9 Å². The van der Waals surface area contributed by atoms with E-state index in [1.54, 1.807) is 6.07 Å². The third kappa shape index (κ3) is 4.57. The first kappa shape index (κ1) is 17.0. The molecule has 1 aromatic carbocycles. The molecule has 3 nitrogen and oxygen atoms in total. The fourth-order valence-corrected chi connectivity index (χ4v) is 3.85. The van der Waals surface area contributed by atoms with Crippen molar-refractivity contribution in [3.63, 3.8) is 0 Å². The van der Waals surface area contributed by atoms with Crippen LogP contribution in [0.2, 0.25) is 5.02 Å². The van der Waals surface area contributed by atoms with Crippen LogP contribution in [0.15, 0.2) is 18.2 Å². The highest BCUT2D eigenvalue weighted by Crippen LogP contribution is 2.29. The van der Waals surface area contributed by atoms with Crippen LogP contribution in [0.25, 0.3) is 0 Å². The van der Waals surface area contributed by atoms with E-state index in [2.05, 4.69) is 60.9 Å². The summed E-state index contributed by atoms with van der Waals surface area (Å²) in [5.41, 5.74) is 0.655. The number of hydrogen-bond donors (Lipinski definition) is 2. The Labute approximate surface area is 145 Å². The van der Waals surface area contributed by atoms with Gasteiger partial charge in [0.15, 0.2) is 0 Å². The zero-order valence-corrected chi connectivity index (χ0v) is 15.8. The second-order valence-electron chi connectivity index (χ2n) is 7.10. The molecule has 21 heavy (non-hydrogen) atoms. The Bertz CT molecular complexity index is 541. The number of rotatable bonds is 2. The van der Waals surface area contributed by atoms with Gasteiger partial charge in [-0.25, -0.2) is 0 Å². The van der Waals surface area contributed by atoms with Crippen molar-refractivity contribution in [2.75, 3.05) is 0 Å². The first-order chi connectivity index (χ1) is 9.58. The quantitative estimate of drug-likeness (QED) is 0.711. The Morgan fingerprint density at radius 1 is 1.29 bits per heavy atom. The lowest BCUT2D eigenvalue weighted by Gasteiger charge is -2.46. The molecule has 5 heteroatoms. The lowest BCUT2D eigenvalue weighted by Crippen LogP contribution is -2.62. The molecule has 0 atom stereocenters. The number of halogens is 2. The van der Waals surface area contributed by atoms with Crippen molar-refractivity contribution >= 4 is 40.1 Å². The van der Waals surface area contributed by atoms with Crippen molar-refractivity contribution in [2.24, 2.45) is 0 Å². The third-order valence-corrected chi connectivity index (χ3v) is 5.28. The number of nitrogens with one attached hydrogen (secondary N) is 2. The van der Waals surface area contributed by atoms with Gasteiger partial charge in [-0.3, -0.25) is 4.79 Å². The smallest absolute Gasteiger partial charge is 0.251 e. The van der Waals surface area contributed by atoms with E-state index < -0.39 is 0 Å². The second kappa shape index (κ2) is 6.05. The highest BCUT2D eigenvalue weighted by Gasteiger charge is 2.38. The topological polar surface area (TPSA) is 41.1 Å². The summed E-state index contributed by atoms with van der Waals surface area (Å²) in [6, 6.07) is 5.59. The van der Waals surface area contributed by atoms with Crippen molar-refractivity contribution in [3.05, 3.63) is 32.4 Å². The number of carbonyl (C=O) groups is 1. The van der Waals surface area contributed by atoms with Gasteiger partial charge in [0.1, 0.15) is 0 Å². The maximum Gasteiger partial charge on any atom is 0.251 e. The fourth-order valence-electron chi connectivity index (χ4n) is 3.33. The summed E-state index contributed by atoms with van der Waals surface area (Å²) in [7, 11) is 0. The summed E-state index contributed by atoms with van der Waals surface area (Å²) in [4.78, 5) is 12.4. The van der Waals surface area contributed by atoms with Crippen molar-refractivity contribution in [1.82, 2.24) is 10.6 Å². The van der Waals surface area contributed by atoms with E-state index in [1.165, 1.54) is 0 Å². The van der Waals surface area contributed by atoms with Crippen molar-refractivity contribution in [2.45, 2.75) is 57.7 Å². The molecule has 0 aromatic heterocycles. The molecule has 1 saturated heterocycles. The third-order valence-electron chi connectivity index (χ3n) is 3.71. The molecule has 0 aliphatic carbocycles. The monoisotopic (exact) mass is 420 g/mol. The van der Waals surface area contributed by atoms with Crippen LogP contribution in [0.4, 0.5) is 0 Å². The summed E-state index contributed by atoms with van der Waals surface area (Å²) >= 11 is 8.25. The summed E-state index contributed by atoms with van der Waals surface area (Å²) in [5.74, 6) is -0.0493. The molecule has 0 saturated carbocycles. The van der Waals surface area contributed by atoms with Gasteiger partial charge in [0.25, 0.3) is 5.91 Å². The normalized spacial score (nSPS) is 21.0. The molecule has 0 unspecified atom stereocenters. The highest BCUT2D eigenvalue weighted by molar-refractivity contribution is 14.1. The Morgan fingerprint density at radius 2 is 1.86 bits per heavy atom. The molecule has 0 bridgehead atoms. The molecule has 116 valence electrons. The lowest BCUT2D eigenvalue weighted by molar-refractivity contribution is 0.0873. The largest absolute Gasteiger partial charge is 0.349 e. The number of carbonyl (C=O) groups excluding carboxylic acids is 1. The predicted octanol–water partition coefficient (Wildman–Crippen LogP) is 3.98. The van der Waals surface area contributed by atoms with Crippen LogP contribution in [-0.2, 0) is 0 Å². The van der Waals surface area contributed by atoms with Gasteiger partial charge in [-0.15, -0.1) is 0 Å². The van der Waals surface area contributed by atoms with Gasteiger partial charge in [0, 0.05) is 26.3 Å². The Hall–Kier alpha value is -0.330. The molecule has 0 radical (unpaired) electrons. The van der Waals surface area contributed by atoms with Crippen LogP contribution in [-0.4, -0.2) is 23.0 Å². The molecular formula is C16H22ClIN2O. The van der Waals surface area contributed by atoms with Crippen molar-refractivity contribution in [1.29, 1.82) is 0 Å². The predicted molar refractivity (Wildman–Crippen MR) is 96.0 cm³/mol. The number of hydrogen-bond acceptors (Lipinski definition) is 2. The number of piperidine rings is 1. The number of benzene rings is 1. The standard InChI is InChI=1S/C16H22ClIN2O/c1-15(2)8-11(9-16(3,4)20-15)19-14(21)10-5-6-13(18)12(17)7-10/h5-7,11,20H,8-9H2,1-4H3,(H,19,21). The molecule has 1 heterocycles. The minimum Gasteiger partial charge on any atom is -0.349 e. The van der Waals surface area contributed by atoms with Crippen LogP contribution in [0.3, 0.4) is 0 Å². The maximum absolute atomic E-state index is 12.4. The summed E-state index contributed by atoms with van der Waals surface area (Å²) in [6.45, 7) is 8.70. The van der Waals surface area contributed by atoms with E-state index in [4.69, 9.17) is 11.6 Å². The zero-order valence-electron chi connectivity index (χ0n) is 12.9. The van der Waals surface area contributed by atoms with E-state index in [0.717, 1.165) is 16.4 Å². The van der Waals surface area contributed by atoms with E-state index in [1.807, 2.05) is 12.1 Å². The molecule has 1 aliphatic rings. The van der Waals surface area contributed by atoms with Gasteiger partial charge in [-0.2, -0.15) is 0 Å². The fraction of sp³-hybridized carbons (Fsp3) is 0.562. The number of amides is 1. The Kier molecular flexibility index (Phi) is 4.90. The summed E-state index contributed by atoms with van der Waals surface area (Å²) in [5, 5.41) is 7.39. The summed E-state index contributed by atoms with van der Waals surface area (Å²) < 4.78 is 0.954. The van der Waals surface area contributed by atoms with Gasteiger partial charge in [-0.05, 0) is 81.3 Å². The summed E-state index contributed by atoms with van der Waals surface area (Å²) in [6.07, 6.45) is 1.83. The zero-order chi connectivity index (χ0) is 15.8. The molecule has 1 fully saturated rings. The van der Waals surface area contributed by atoms with Gasteiger partial charge < -0.3 is 10.6 Å². The molecule has 1 aromatic rings. The van der Waals surface area contributed by atoms with Crippen LogP contribution >= 0.6 is 34.2 Å². The second-order valence-corrected chi connectivity index (χ2v) is 8.67. The average Bonchev–Trinajstić information content (AvgIpc) is 2.28. The van der Waals surface area contributed by atoms with Crippen LogP contribution in [0.5, 0.6) is 0 Å². The van der Waals surface area contributed by atoms with Gasteiger partial charge in [0.05, 0.1) is 5.02 Å². The Balaban J connectivity index is 2.10. The Morgan fingerprint density at radius 3 is 2.38 bits per heavy atom. The SMILES string of the molecule is CC1(C)CC(NC(=O)c2ccc(I)c(Cl)c2)CC(C)(C)N1. The molecule has 1 aliphatic heterocycles. The maximum atomic E-state index is 12.4.